The predicted octanol–water partition coefficient (Wildman–Crippen LogP) is 1.31. The van der Waals surface area contributed by atoms with E-state index in [1.165, 1.54) is 0 Å². The standard InChI is InChI=1S/C8H6N2OS/c11-12-8-5-9-6-3-1-2-4-7(6)10-8/h1-5,10H. The lowest BCUT2D eigenvalue weighted by Gasteiger charge is -1.93. The van der Waals surface area contributed by atoms with Gasteiger partial charge in [0.15, 0.2) is 4.64 Å². The average molecular weight is 178 g/mol. The molecule has 4 heteroatoms. The highest BCUT2D eigenvalue weighted by atomic mass is 32.1. The molecule has 12 heavy (non-hydrogen) atoms. The van der Waals surface area contributed by atoms with Crippen LogP contribution < -0.4 is 0 Å². The first-order chi connectivity index (χ1) is 5.90. The van der Waals surface area contributed by atoms with Crippen molar-refractivity contribution in [1.82, 2.24) is 9.97 Å². The molecule has 1 aromatic heterocycles. The lowest BCUT2D eigenvalue weighted by Crippen LogP contribution is -1.83. The van der Waals surface area contributed by atoms with Crippen LogP contribution in [0.15, 0.2) is 30.5 Å². The summed E-state index contributed by atoms with van der Waals surface area (Å²) >= 11 is 0.416. The van der Waals surface area contributed by atoms with E-state index in [9.17, 15) is 4.21 Å². The van der Waals surface area contributed by atoms with Gasteiger partial charge in [-0.1, -0.05) is 12.1 Å². The fourth-order valence-corrected chi connectivity index (χ4v) is 1.27. The van der Waals surface area contributed by atoms with Gasteiger partial charge in [0.1, 0.15) is 11.3 Å². The Kier molecular flexibility index (Phi) is 1.75. The fraction of sp³-hybridized carbons (Fsp3) is 0. The number of para-hydroxylation sites is 2. The Hall–Kier alpha value is -1.42. The maximum absolute atomic E-state index is 10.4. The fourth-order valence-electron chi connectivity index (χ4n) is 1.03. The Bertz CT molecular complexity index is 499. The maximum Gasteiger partial charge on any atom is 0.152 e. The summed E-state index contributed by atoms with van der Waals surface area (Å²) in [6.45, 7) is 0. The normalized spacial score (nSPS) is 10.0. The Morgan fingerprint density at radius 2 is 2.17 bits per heavy atom. The Balaban J connectivity index is 2.94. The molecule has 3 nitrogen and oxygen atoms in total. The van der Waals surface area contributed by atoms with Gasteiger partial charge in [0.2, 0.25) is 0 Å². The van der Waals surface area contributed by atoms with Gasteiger partial charge in [0.25, 0.3) is 0 Å². The maximum atomic E-state index is 10.4. The summed E-state index contributed by atoms with van der Waals surface area (Å²) in [4.78, 5) is 7.06. The molecule has 2 aromatic rings. The summed E-state index contributed by atoms with van der Waals surface area (Å²) in [5.74, 6) is 0. The van der Waals surface area contributed by atoms with E-state index in [-0.39, 0.29) is 0 Å². The van der Waals surface area contributed by atoms with Crippen molar-refractivity contribution in [2.45, 2.75) is 0 Å². The Morgan fingerprint density at radius 3 is 3.00 bits per heavy atom. The molecule has 60 valence electrons. The van der Waals surface area contributed by atoms with Gasteiger partial charge in [-0.2, -0.15) is 0 Å². The first kappa shape index (κ1) is 7.24. The highest BCUT2D eigenvalue weighted by Crippen LogP contribution is 2.05. The van der Waals surface area contributed by atoms with Gasteiger partial charge in [-0.3, -0.25) is 4.98 Å². The molecule has 0 aliphatic heterocycles. The van der Waals surface area contributed by atoms with Crippen LogP contribution in [0.1, 0.15) is 0 Å². The number of H-pyrrole nitrogens is 1. The largest absolute Gasteiger partial charge is 0.342 e. The van der Waals surface area contributed by atoms with Crippen molar-refractivity contribution in [3.05, 3.63) is 35.1 Å². The van der Waals surface area contributed by atoms with Crippen molar-refractivity contribution >= 4 is 22.3 Å². The number of fused-ring (bicyclic) bond motifs is 1. The first-order valence-corrected chi connectivity index (χ1v) is 4.21. The molecule has 1 aromatic carbocycles. The van der Waals surface area contributed by atoms with E-state index < -0.39 is 0 Å². The van der Waals surface area contributed by atoms with Crippen LogP contribution in [-0.2, 0) is 11.3 Å². The second-order valence-electron chi connectivity index (χ2n) is 2.35. The second-order valence-corrected chi connectivity index (χ2v) is 2.95. The molecule has 0 bridgehead atoms. The van der Waals surface area contributed by atoms with Crippen LogP contribution >= 0.6 is 0 Å². The van der Waals surface area contributed by atoms with E-state index in [4.69, 9.17) is 0 Å². The quantitative estimate of drug-likeness (QED) is 0.618. The van der Waals surface area contributed by atoms with Crippen molar-refractivity contribution in [1.29, 1.82) is 0 Å². The minimum atomic E-state index is 0.416. The monoisotopic (exact) mass is 178 g/mol. The SMILES string of the molecule is O=S=c1cnc2ccccc2[nH]1. The molecule has 0 aliphatic rings. The summed E-state index contributed by atoms with van der Waals surface area (Å²) in [6.07, 6.45) is 1.54. The predicted molar refractivity (Wildman–Crippen MR) is 47.5 cm³/mol. The zero-order valence-corrected chi connectivity index (χ0v) is 6.97. The molecule has 0 atom stereocenters. The zero-order valence-electron chi connectivity index (χ0n) is 6.15. The Morgan fingerprint density at radius 1 is 1.33 bits per heavy atom. The van der Waals surface area contributed by atoms with E-state index in [0.717, 1.165) is 11.0 Å². The van der Waals surface area contributed by atoms with Gasteiger partial charge in [-0.25, -0.2) is 4.21 Å². The van der Waals surface area contributed by atoms with Crippen molar-refractivity contribution in [3.63, 3.8) is 0 Å². The van der Waals surface area contributed by atoms with Crippen LogP contribution in [0, 0.1) is 4.64 Å². The molecule has 0 fully saturated rings. The molecule has 1 N–H and O–H groups in total. The highest BCUT2D eigenvalue weighted by Gasteiger charge is 1.90. The summed E-state index contributed by atoms with van der Waals surface area (Å²) in [7, 11) is 0. The summed E-state index contributed by atoms with van der Waals surface area (Å²) < 4.78 is 11.0. The minimum absolute atomic E-state index is 0.416. The highest BCUT2D eigenvalue weighted by molar-refractivity contribution is 7.56. The third kappa shape index (κ3) is 1.16. The third-order valence-corrected chi connectivity index (χ3v) is 1.96. The Labute approximate surface area is 72.2 Å². The van der Waals surface area contributed by atoms with Gasteiger partial charge in [-0.05, 0) is 12.1 Å². The first-order valence-electron chi connectivity index (χ1n) is 3.47. The molecule has 2 rings (SSSR count). The summed E-state index contributed by atoms with van der Waals surface area (Å²) in [5.41, 5.74) is 1.76. The molecule has 1 heterocycles. The van der Waals surface area contributed by atoms with Crippen LogP contribution in [0.3, 0.4) is 0 Å². The lowest BCUT2D eigenvalue weighted by atomic mass is 10.3. The molecule has 0 saturated heterocycles. The molecular formula is C8H6N2OS. The molecule has 0 aliphatic carbocycles. The van der Waals surface area contributed by atoms with Gasteiger partial charge in [-0.15, -0.1) is 0 Å². The summed E-state index contributed by atoms with van der Waals surface area (Å²) in [6, 6.07) is 7.60. The number of nitrogens with one attached hydrogen (secondary N) is 1. The van der Waals surface area contributed by atoms with Crippen molar-refractivity contribution in [2.75, 3.05) is 0 Å². The van der Waals surface area contributed by atoms with Gasteiger partial charge >= 0.3 is 0 Å². The van der Waals surface area contributed by atoms with Gasteiger partial charge in [0.05, 0.1) is 17.2 Å². The number of aromatic amines is 1. The zero-order chi connectivity index (χ0) is 8.39. The number of hydrogen-bond donors (Lipinski definition) is 1. The van der Waals surface area contributed by atoms with Crippen molar-refractivity contribution in [2.24, 2.45) is 0 Å². The molecular weight excluding hydrogens is 172 g/mol. The third-order valence-electron chi connectivity index (χ3n) is 1.57. The van der Waals surface area contributed by atoms with Crippen molar-refractivity contribution in [3.8, 4) is 0 Å². The van der Waals surface area contributed by atoms with Crippen LogP contribution in [0.4, 0.5) is 0 Å². The number of rotatable bonds is 0. The van der Waals surface area contributed by atoms with Crippen LogP contribution in [0.2, 0.25) is 0 Å². The van der Waals surface area contributed by atoms with Gasteiger partial charge in [0, 0.05) is 0 Å². The van der Waals surface area contributed by atoms with Crippen molar-refractivity contribution < 1.29 is 4.21 Å². The van der Waals surface area contributed by atoms with Gasteiger partial charge < -0.3 is 4.98 Å². The number of benzene rings is 1. The van der Waals surface area contributed by atoms with E-state index in [1.54, 1.807) is 6.20 Å². The van der Waals surface area contributed by atoms with E-state index in [2.05, 4.69) is 9.97 Å². The van der Waals surface area contributed by atoms with E-state index in [0.29, 0.717) is 15.9 Å². The lowest BCUT2D eigenvalue weighted by molar-refractivity contribution is 0.699. The molecule has 0 radical (unpaired) electrons. The second kappa shape index (κ2) is 2.91. The number of hydrogen-bond acceptors (Lipinski definition) is 2. The van der Waals surface area contributed by atoms with Crippen LogP contribution in [0.5, 0.6) is 0 Å². The molecule has 0 saturated carbocycles. The van der Waals surface area contributed by atoms with E-state index in [1.807, 2.05) is 24.3 Å². The number of aromatic nitrogens is 2. The topological polar surface area (TPSA) is 45.8 Å². The average Bonchev–Trinajstić information content (AvgIpc) is 2.17. The summed E-state index contributed by atoms with van der Waals surface area (Å²) in [5, 5.41) is 0. The van der Waals surface area contributed by atoms with Crippen LogP contribution in [0.25, 0.3) is 11.0 Å². The molecule has 0 spiro atoms. The number of nitrogens with zero attached hydrogens (tertiary/aromatic N) is 1. The van der Waals surface area contributed by atoms with Crippen LogP contribution in [-0.4, -0.2) is 14.2 Å². The smallest absolute Gasteiger partial charge is 0.152 e. The van der Waals surface area contributed by atoms with E-state index >= 15 is 0 Å². The minimum Gasteiger partial charge on any atom is -0.342 e. The molecule has 0 amide bonds. The molecule has 0 unspecified atom stereocenters.